The molecule has 4 heteroatoms. The Bertz CT molecular complexity index is 432. The number of hydrogen-bond acceptors (Lipinski definition) is 2. The number of nitrogens with one attached hydrogen (secondary N) is 1. The van der Waals surface area contributed by atoms with Crippen molar-refractivity contribution in [3.63, 3.8) is 0 Å². The molecule has 1 saturated carbocycles. The highest BCUT2D eigenvalue weighted by atomic mass is 19.1. The zero-order valence-electron chi connectivity index (χ0n) is 12.3. The van der Waals surface area contributed by atoms with Crippen LogP contribution in [0.25, 0.3) is 0 Å². The van der Waals surface area contributed by atoms with Gasteiger partial charge in [0.2, 0.25) is 0 Å². The number of ether oxygens (including phenoxy) is 1. The average molecular weight is 283 g/mol. The molecule has 2 rings (SSSR count). The van der Waals surface area contributed by atoms with E-state index in [0.29, 0.717) is 11.8 Å². The lowest BCUT2D eigenvalue weighted by Crippen LogP contribution is -2.50. The summed E-state index contributed by atoms with van der Waals surface area (Å²) in [5, 5.41) is 3.43. The van der Waals surface area contributed by atoms with Crippen LogP contribution in [0.4, 0.5) is 8.78 Å². The van der Waals surface area contributed by atoms with E-state index in [1.165, 1.54) is 12.1 Å². The fraction of sp³-hybridized carbons (Fsp3) is 0.625. The van der Waals surface area contributed by atoms with Crippen molar-refractivity contribution in [2.45, 2.75) is 45.8 Å². The molecule has 2 nitrogen and oxygen atoms in total. The Morgan fingerprint density at radius 1 is 1.15 bits per heavy atom. The summed E-state index contributed by atoms with van der Waals surface area (Å²) in [6, 6.07) is 3.58. The van der Waals surface area contributed by atoms with Crippen LogP contribution in [-0.2, 0) is 0 Å². The van der Waals surface area contributed by atoms with Crippen molar-refractivity contribution in [3.05, 3.63) is 29.8 Å². The minimum atomic E-state index is -0.600. The van der Waals surface area contributed by atoms with E-state index in [-0.39, 0.29) is 17.9 Å². The third-order valence-electron chi connectivity index (χ3n) is 3.96. The third kappa shape index (κ3) is 3.69. The zero-order chi connectivity index (χ0) is 14.7. The van der Waals surface area contributed by atoms with Crippen LogP contribution in [0.15, 0.2) is 18.2 Å². The quantitative estimate of drug-likeness (QED) is 0.908. The first-order valence-electron chi connectivity index (χ1n) is 7.35. The molecule has 4 unspecified atom stereocenters. The molecule has 0 aliphatic heterocycles. The van der Waals surface area contributed by atoms with Crippen LogP contribution in [0.1, 0.15) is 33.6 Å². The van der Waals surface area contributed by atoms with Crippen molar-refractivity contribution in [3.8, 4) is 5.75 Å². The predicted octanol–water partition coefficient (Wildman–Crippen LogP) is 3.76. The smallest absolute Gasteiger partial charge is 0.129 e. The summed E-state index contributed by atoms with van der Waals surface area (Å²) < 4.78 is 32.4. The highest BCUT2D eigenvalue weighted by Crippen LogP contribution is 2.32. The van der Waals surface area contributed by atoms with Crippen molar-refractivity contribution in [1.82, 2.24) is 5.32 Å². The van der Waals surface area contributed by atoms with Gasteiger partial charge in [-0.25, -0.2) is 8.78 Å². The van der Waals surface area contributed by atoms with Crippen LogP contribution in [0, 0.1) is 23.5 Å². The molecule has 0 bridgehead atoms. The molecule has 1 aliphatic rings. The van der Waals surface area contributed by atoms with Crippen molar-refractivity contribution >= 4 is 0 Å². The lowest BCUT2D eigenvalue weighted by Gasteiger charge is -2.39. The van der Waals surface area contributed by atoms with Crippen LogP contribution >= 0.6 is 0 Å². The van der Waals surface area contributed by atoms with Gasteiger partial charge in [-0.1, -0.05) is 20.8 Å². The monoisotopic (exact) mass is 283 g/mol. The van der Waals surface area contributed by atoms with Gasteiger partial charge in [-0.15, -0.1) is 0 Å². The molecule has 112 valence electrons. The molecule has 0 amide bonds. The van der Waals surface area contributed by atoms with Gasteiger partial charge in [-0.3, -0.25) is 0 Å². The Balaban J connectivity index is 2.15. The maximum absolute atomic E-state index is 13.3. The van der Waals surface area contributed by atoms with E-state index in [0.717, 1.165) is 25.5 Å². The molecule has 0 aromatic heterocycles. The highest BCUT2D eigenvalue weighted by molar-refractivity contribution is 5.24. The van der Waals surface area contributed by atoms with Crippen LogP contribution in [0.5, 0.6) is 5.75 Å². The number of benzene rings is 1. The third-order valence-corrected chi connectivity index (χ3v) is 3.96. The Hall–Kier alpha value is -1.16. The first-order chi connectivity index (χ1) is 9.49. The molecule has 1 aromatic carbocycles. The van der Waals surface area contributed by atoms with Crippen LogP contribution < -0.4 is 10.1 Å². The SMILES string of the molecule is CCNC1CC(C)CC(C)C1Oc1cc(F)cc(F)c1. The first kappa shape index (κ1) is 15.2. The van der Waals surface area contributed by atoms with Crippen molar-refractivity contribution < 1.29 is 13.5 Å². The molecule has 0 heterocycles. The van der Waals surface area contributed by atoms with E-state index in [1.54, 1.807) is 0 Å². The van der Waals surface area contributed by atoms with Crippen LogP contribution in [0.2, 0.25) is 0 Å². The lowest BCUT2D eigenvalue weighted by atomic mass is 9.78. The standard InChI is InChI=1S/C16H23F2NO/c1-4-19-15-6-10(2)5-11(3)16(15)20-14-8-12(17)7-13(18)9-14/h7-11,15-16,19H,4-6H2,1-3H3. The lowest BCUT2D eigenvalue weighted by molar-refractivity contribution is 0.0479. The molecule has 20 heavy (non-hydrogen) atoms. The summed E-state index contributed by atoms with van der Waals surface area (Å²) in [5.41, 5.74) is 0. The molecule has 0 radical (unpaired) electrons. The number of halogens is 2. The highest BCUT2D eigenvalue weighted by Gasteiger charge is 2.35. The minimum Gasteiger partial charge on any atom is -0.488 e. The number of hydrogen-bond donors (Lipinski definition) is 1. The summed E-state index contributed by atoms with van der Waals surface area (Å²) in [6.07, 6.45) is 2.05. The van der Waals surface area contributed by atoms with Gasteiger partial charge in [0, 0.05) is 24.2 Å². The summed E-state index contributed by atoms with van der Waals surface area (Å²) >= 11 is 0. The van der Waals surface area contributed by atoms with Gasteiger partial charge >= 0.3 is 0 Å². The maximum atomic E-state index is 13.3. The Morgan fingerprint density at radius 3 is 2.40 bits per heavy atom. The second kappa shape index (κ2) is 6.53. The van der Waals surface area contributed by atoms with E-state index in [2.05, 4.69) is 26.1 Å². The van der Waals surface area contributed by atoms with Crippen molar-refractivity contribution in [2.75, 3.05) is 6.54 Å². The molecule has 1 aromatic rings. The van der Waals surface area contributed by atoms with Gasteiger partial charge in [-0.05, 0) is 31.2 Å². The first-order valence-corrected chi connectivity index (χ1v) is 7.35. The summed E-state index contributed by atoms with van der Waals surface area (Å²) in [6.45, 7) is 7.30. The minimum absolute atomic E-state index is 0.0488. The van der Waals surface area contributed by atoms with Gasteiger partial charge in [0.05, 0.1) is 0 Å². The van der Waals surface area contributed by atoms with E-state index < -0.39 is 11.6 Å². The average Bonchev–Trinajstić information content (AvgIpc) is 2.32. The van der Waals surface area contributed by atoms with Gasteiger partial charge in [0.25, 0.3) is 0 Å². The van der Waals surface area contributed by atoms with Crippen LogP contribution in [-0.4, -0.2) is 18.7 Å². The van der Waals surface area contributed by atoms with E-state index in [9.17, 15) is 8.78 Å². The fourth-order valence-electron chi connectivity index (χ4n) is 3.24. The number of rotatable bonds is 4. The molecular weight excluding hydrogens is 260 g/mol. The van der Waals surface area contributed by atoms with Crippen LogP contribution in [0.3, 0.4) is 0 Å². The van der Waals surface area contributed by atoms with E-state index >= 15 is 0 Å². The predicted molar refractivity (Wildman–Crippen MR) is 75.8 cm³/mol. The van der Waals surface area contributed by atoms with Crippen molar-refractivity contribution in [1.29, 1.82) is 0 Å². The molecule has 1 fully saturated rings. The number of likely N-dealkylation sites (N-methyl/N-ethyl adjacent to an activating group) is 1. The molecule has 0 saturated heterocycles. The zero-order valence-corrected chi connectivity index (χ0v) is 12.3. The second-order valence-corrected chi connectivity index (χ2v) is 5.91. The maximum Gasteiger partial charge on any atom is 0.129 e. The Labute approximate surface area is 119 Å². The molecule has 1 aliphatic carbocycles. The largest absolute Gasteiger partial charge is 0.488 e. The topological polar surface area (TPSA) is 21.3 Å². The van der Waals surface area contributed by atoms with Gasteiger partial charge in [0.15, 0.2) is 0 Å². The van der Waals surface area contributed by atoms with E-state index in [1.807, 2.05) is 0 Å². The molecule has 0 spiro atoms. The molecule has 4 atom stereocenters. The van der Waals surface area contributed by atoms with Gasteiger partial charge in [0.1, 0.15) is 23.5 Å². The van der Waals surface area contributed by atoms with Gasteiger partial charge < -0.3 is 10.1 Å². The molecular formula is C16H23F2NO. The fourth-order valence-corrected chi connectivity index (χ4v) is 3.24. The summed E-state index contributed by atoms with van der Waals surface area (Å²) in [4.78, 5) is 0. The summed E-state index contributed by atoms with van der Waals surface area (Å²) in [5.74, 6) is 0.0674. The molecule has 1 N–H and O–H groups in total. The van der Waals surface area contributed by atoms with E-state index in [4.69, 9.17) is 4.74 Å². The van der Waals surface area contributed by atoms with Gasteiger partial charge in [-0.2, -0.15) is 0 Å². The Kier molecular flexibility index (Phi) is 4.97. The second-order valence-electron chi connectivity index (χ2n) is 5.91. The normalized spacial score (nSPS) is 30.2. The summed E-state index contributed by atoms with van der Waals surface area (Å²) in [7, 11) is 0. The Morgan fingerprint density at radius 2 is 1.80 bits per heavy atom. The van der Waals surface area contributed by atoms with Crippen molar-refractivity contribution in [2.24, 2.45) is 11.8 Å².